The van der Waals surface area contributed by atoms with Gasteiger partial charge in [0.15, 0.2) is 11.9 Å². The van der Waals surface area contributed by atoms with Crippen LogP contribution in [0.1, 0.15) is 35.0 Å². The number of aryl methyl sites for hydroxylation is 1. The predicted octanol–water partition coefficient (Wildman–Crippen LogP) is 3.58. The number of rotatable bonds is 5. The van der Waals surface area contributed by atoms with E-state index < -0.39 is 29.7 Å². The predicted molar refractivity (Wildman–Crippen MR) is 80.8 cm³/mol. The number of halogens is 3. The molecule has 2 rings (SSSR count). The van der Waals surface area contributed by atoms with Crippen LogP contribution in [0.2, 0.25) is 0 Å². The molecule has 134 valence electrons. The number of nitrogens with one attached hydrogen (secondary N) is 1. The number of esters is 1. The summed E-state index contributed by atoms with van der Waals surface area (Å²) in [5, 5.41) is 5.98. The number of alkyl halides is 3. The molecule has 9 heteroatoms. The van der Waals surface area contributed by atoms with Gasteiger partial charge in [0, 0.05) is 6.07 Å². The maximum atomic E-state index is 12.7. The summed E-state index contributed by atoms with van der Waals surface area (Å²) < 4.78 is 47.9. The van der Waals surface area contributed by atoms with Crippen molar-refractivity contribution < 1.29 is 32.0 Å². The summed E-state index contributed by atoms with van der Waals surface area (Å²) in [6, 6.07) is 5.27. The number of carbonyl (C=O) groups is 2. The van der Waals surface area contributed by atoms with E-state index in [9.17, 15) is 22.8 Å². The fourth-order valence-electron chi connectivity index (χ4n) is 1.97. The van der Waals surface area contributed by atoms with Crippen LogP contribution in [0.25, 0.3) is 0 Å². The largest absolute Gasteiger partial charge is 0.449 e. The third-order valence-corrected chi connectivity index (χ3v) is 3.22. The molecule has 2 aromatic rings. The average Bonchev–Trinajstić information content (AvgIpc) is 2.96. The second-order valence-corrected chi connectivity index (χ2v) is 5.19. The summed E-state index contributed by atoms with van der Waals surface area (Å²) in [5.41, 5.74) is -1.27. The molecular formula is C16H15F3N2O4. The zero-order valence-electron chi connectivity index (χ0n) is 13.4. The van der Waals surface area contributed by atoms with Gasteiger partial charge < -0.3 is 14.6 Å². The van der Waals surface area contributed by atoms with Crippen molar-refractivity contribution in [1.29, 1.82) is 0 Å². The van der Waals surface area contributed by atoms with Gasteiger partial charge in [0.05, 0.1) is 11.1 Å². The summed E-state index contributed by atoms with van der Waals surface area (Å²) in [6.45, 7) is 3.23. The van der Waals surface area contributed by atoms with E-state index in [0.29, 0.717) is 11.8 Å². The first kappa shape index (κ1) is 18.5. The van der Waals surface area contributed by atoms with E-state index in [-0.39, 0.29) is 17.8 Å². The minimum Gasteiger partial charge on any atom is -0.449 e. The van der Waals surface area contributed by atoms with Gasteiger partial charge in [-0.05, 0) is 31.5 Å². The molecule has 0 aliphatic heterocycles. The highest BCUT2D eigenvalue weighted by molar-refractivity contribution is 5.97. The second-order valence-electron chi connectivity index (χ2n) is 5.19. The fourth-order valence-corrected chi connectivity index (χ4v) is 1.97. The molecule has 0 saturated heterocycles. The van der Waals surface area contributed by atoms with E-state index in [1.807, 2.05) is 0 Å². The van der Waals surface area contributed by atoms with Crippen LogP contribution in [-0.4, -0.2) is 23.1 Å². The average molecular weight is 356 g/mol. The summed E-state index contributed by atoms with van der Waals surface area (Å²) in [7, 11) is 0. The summed E-state index contributed by atoms with van der Waals surface area (Å²) in [4.78, 5) is 24.1. The Morgan fingerprint density at radius 3 is 2.60 bits per heavy atom. The van der Waals surface area contributed by atoms with Crippen molar-refractivity contribution in [3.05, 3.63) is 47.2 Å². The first-order valence-corrected chi connectivity index (χ1v) is 7.33. The van der Waals surface area contributed by atoms with Gasteiger partial charge in [-0.3, -0.25) is 4.79 Å². The number of ether oxygens (including phenoxy) is 1. The van der Waals surface area contributed by atoms with Gasteiger partial charge in [-0.25, -0.2) is 4.79 Å². The molecule has 1 aromatic heterocycles. The molecule has 1 aromatic carbocycles. The Kier molecular flexibility index (Phi) is 5.45. The summed E-state index contributed by atoms with van der Waals surface area (Å²) in [6.07, 6.45) is -5.63. The maximum Gasteiger partial charge on any atom is 0.416 e. The molecular weight excluding hydrogens is 341 g/mol. The fraction of sp³-hybridized carbons (Fsp3) is 0.312. The van der Waals surface area contributed by atoms with Gasteiger partial charge in [0.1, 0.15) is 5.76 Å². The van der Waals surface area contributed by atoms with Crippen molar-refractivity contribution in [2.75, 3.05) is 5.32 Å². The number of carbonyl (C=O) groups excluding carboxylic acids is 2. The lowest BCUT2D eigenvalue weighted by Gasteiger charge is -2.15. The molecule has 1 atom stereocenters. The van der Waals surface area contributed by atoms with Crippen LogP contribution in [-0.2, 0) is 15.7 Å². The van der Waals surface area contributed by atoms with E-state index in [1.54, 1.807) is 13.8 Å². The van der Waals surface area contributed by atoms with Gasteiger partial charge in [0.25, 0.3) is 5.91 Å². The number of benzene rings is 1. The Hall–Kier alpha value is -2.84. The third kappa shape index (κ3) is 4.82. The van der Waals surface area contributed by atoms with Crippen LogP contribution >= 0.6 is 0 Å². The molecule has 1 heterocycles. The van der Waals surface area contributed by atoms with E-state index >= 15 is 0 Å². The molecule has 0 fully saturated rings. The monoisotopic (exact) mass is 356 g/mol. The number of aromatic nitrogens is 1. The Balaban J connectivity index is 2.08. The van der Waals surface area contributed by atoms with Crippen LogP contribution in [0.4, 0.5) is 19.0 Å². The minimum atomic E-state index is -4.58. The standard InChI is InChI=1S/C16H15F3N2O4/c1-3-12(14(22)20-13-7-9(2)25-21-13)24-15(23)10-5-4-6-11(8-10)16(17,18)19/h4-8,12H,3H2,1-2H3,(H,20,21,22)/t12-/m0/s1. The number of nitrogens with zero attached hydrogens (tertiary/aromatic N) is 1. The topological polar surface area (TPSA) is 81.4 Å². The smallest absolute Gasteiger partial charge is 0.416 e. The van der Waals surface area contributed by atoms with Gasteiger partial charge in [-0.15, -0.1) is 0 Å². The quantitative estimate of drug-likeness (QED) is 0.828. The zero-order chi connectivity index (χ0) is 18.6. The van der Waals surface area contributed by atoms with Crippen LogP contribution in [0.3, 0.4) is 0 Å². The van der Waals surface area contributed by atoms with E-state index in [4.69, 9.17) is 9.26 Å². The maximum absolute atomic E-state index is 12.7. The third-order valence-electron chi connectivity index (χ3n) is 3.22. The van der Waals surface area contributed by atoms with Crippen LogP contribution in [0.15, 0.2) is 34.9 Å². The van der Waals surface area contributed by atoms with Crippen molar-refractivity contribution in [3.63, 3.8) is 0 Å². The van der Waals surface area contributed by atoms with Crippen molar-refractivity contribution in [3.8, 4) is 0 Å². The first-order chi connectivity index (χ1) is 11.7. The van der Waals surface area contributed by atoms with Crippen LogP contribution in [0, 0.1) is 6.92 Å². The SMILES string of the molecule is CC[C@H](OC(=O)c1cccc(C(F)(F)F)c1)C(=O)Nc1cc(C)on1. The van der Waals surface area contributed by atoms with Crippen molar-refractivity contribution in [1.82, 2.24) is 5.16 Å². The van der Waals surface area contributed by atoms with Gasteiger partial charge in [-0.1, -0.05) is 18.1 Å². The van der Waals surface area contributed by atoms with Gasteiger partial charge in [-0.2, -0.15) is 13.2 Å². The Morgan fingerprint density at radius 1 is 1.32 bits per heavy atom. The lowest BCUT2D eigenvalue weighted by molar-refractivity contribution is -0.137. The zero-order valence-corrected chi connectivity index (χ0v) is 13.4. The van der Waals surface area contributed by atoms with Crippen LogP contribution in [0.5, 0.6) is 0 Å². The van der Waals surface area contributed by atoms with E-state index in [0.717, 1.165) is 12.1 Å². The van der Waals surface area contributed by atoms with Gasteiger partial charge >= 0.3 is 12.1 Å². The lowest BCUT2D eigenvalue weighted by Crippen LogP contribution is -2.32. The van der Waals surface area contributed by atoms with Crippen molar-refractivity contribution in [2.24, 2.45) is 0 Å². The molecule has 1 amide bonds. The minimum absolute atomic E-state index is 0.132. The number of amides is 1. The Morgan fingerprint density at radius 2 is 2.04 bits per heavy atom. The second kappa shape index (κ2) is 7.37. The summed E-state index contributed by atoms with van der Waals surface area (Å²) in [5.74, 6) is -1.05. The number of hydrogen-bond acceptors (Lipinski definition) is 5. The Bertz CT molecular complexity index is 771. The van der Waals surface area contributed by atoms with E-state index in [2.05, 4.69) is 10.5 Å². The molecule has 0 aliphatic rings. The normalized spacial score (nSPS) is 12.5. The molecule has 0 aliphatic carbocycles. The molecule has 0 radical (unpaired) electrons. The lowest BCUT2D eigenvalue weighted by atomic mass is 10.1. The molecule has 6 nitrogen and oxygen atoms in total. The molecule has 0 saturated carbocycles. The highest BCUT2D eigenvalue weighted by Gasteiger charge is 2.31. The molecule has 0 bridgehead atoms. The summed E-state index contributed by atoms with van der Waals surface area (Å²) >= 11 is 0. The van der Waals surface area contributed by atoms with Gasteiger partial charge in [0.2, 0.25) is 0 Å². The molecule has 0 unspecified atom stereocenters. The Labute approximate surface area is 140 Å². The highest BCUT2D eigenvalue weighted by atomic mass is 19.4. The highest BCUT2D eigenvalue weighted by Crippen LogP contribution is 2.29. The first-order valence-electron chi connectivity index (χ1n) is 7.33. The van der Waals surface area contributed by atoms with Crippen molar-refractivity contribution >= 4 is 17.7 Å². The van der Waals surface area contributed by atoms with Crippen molar-refractivity contribution in [2.45, 2.75) is 32.5 Å². The molecule has 25 heavy (non-hydrogen) atoms. The number of anilines is 1. The molecule has 1 N–H and O–H groups in total. The number of hydrogen-bond donors (Lipinski definition) is 1. The van der Waals surface area contributed by atoms with E-state index in [1.165, 1.54) is 12.1 Å². The van der Waals surface area contributed by atoms with Crippen LogP contribution < -0.4 is 5.32 Å². The molecule has 0 spiro atoms.